The molecule has 0 radical (unpaired) electrons. The molecule has 6 N–H and O–H groups in total. The summed E-state index contributed by atoms with van der Waals surface area (Å²) in [6.45, 7) is 4.54. The van der Waals surface area contributed by atoms with E-state index in [0.717, 1.165) is 5.57 Å². The van der Waals surface area contributed by atoms with Gasteiger partial charge in [0.1, 0.15) is 41.7 Å². The van der Waals surface area contributed by atoms with E-state index in [1.165, 1.54) is 12.3 Å². The molecule has 0 aromatic carbocycles. The lowest BCUT2D eigenvalue weighted by Crippen LogP contribution is -2.62. The minimum absolute atomic E-state index is 0.0452. The van der Waals surface area contributed by atoms with Gasteiger partial charge in [-0.1, -0.05) is 17.7 Å². The zero-order valence-electron chi connectivity index (χ0n) is 21.0. The summed E-state index contributed by atoms with van der Waals surface area (Å²) in [5.41, 5.74) is -1.37. The van der Waals surface area contributed by atoms with E-state index in [9.17, 15) is 30.3 Å². The van der Waals surface area contributed by atoms with Crippen LogP contribution in [0.25, 0.3) is 0 Å². The smallest absolute Gasteiger partial charge is 0.333 e. The standard InChI is InChI=1S/C25H36O12/c1-12(7-9-26)5-4-6-13(2)21(31)35-20-19-24(3,37-19)18-23(33-10-8-25(18,20)32)36-22-17(30)16(29)15(28)14(11-27)34-22/h6-8,10,14-20,22-23,26-30,32H,4-5,9,11H2,1-3H3. The second-order valence-electron chi connectivity index (χ2n) is 10.2. The summed E-state index contributed by atoms with van der Waals surface area (Å²) in [5.74, 6) is -1.53. The molecule has 11 unspecified atom stereocenters. The van der Waals surface area contributed by atoms with E-state index in [-0.39, 0.29) is 6.61 Å². The molecule has 1 saturated carbocycles. The van der Waals surface area contributed by atoms with Crippen molar-refractivity contribution in [3.63, 3.8) is 0 Å². The van der Waals surface area contributed by atoms with Crippen LogP contribution in [-0.2, 0) is 28.5 Å². The Bertz CT molecular complexity index is 946. The summed E-state index contributed by atoms with van der Waals surface area (Å²) in [5, 5.41) is 60.5. The number of rotatable bonds is 9. The Balaban J connectivity index is 1.47. The molecule has 12 heteroatoms. The first kappa shape index (κ1) is 28.1. The fourth-order valence-electron chi connectivity index (χ4n) is 5.37. The lowest BCUT2D eigenvalue weighted by molar-refractivity contribution is -0.349. The SMILES string of the molecule is CC(=CCO)CCC=C(C)C(=O)OC1C2OC2(C)C2C(OC3OC(CO)C(O)C(O)C3O)OC=CC12O. The number of esters is 1. The largest absolute Gasteiger partial charge is 0.472 e. The number of allylic oxidation sites excluding steroid dienone is 2. The highest BCUT2D eigenvalue weighted by atomic mass is 16.8. The quantitative estimate of drug-likeness (QED) is 0.0906. The molecule has 0 aromatic heterocycles. The van der Waals surface area contributed by atoms with Gasteiger partial charge in [-0.3, -0.25) is 0 Å². The van der Waals surface area contributed by atoms with E-state index in [0.29, 0.717) is 18.4 Å². The molecular weight excluding hydrogens is 492 g/mol. The number of hydrogen-bond donors (Lipinski definition) is 6. The number of carbonyl (C=O) groups excluding carboxylic acids is 1. The summed E-state index contributed by atoms with van der Waals surface area (Å²) in [4.78, 5) is 12.8. The van der Waals surface area contributed by atoms with Gasteiger partial charge in [0.25, 0.3) is 0 Å². The first-order chi connectivity index (χ1) is 17.5. The number of epoxide rings is 1. The summed E-state index contributed by atoms with van der Waals surface area (Å²) >= 11 is 0. The second kappa shape index (κ2) is 10.7. The van der Waals surface area contributed by atoms with Crippen molar-refractivity contribution >= 4 is 5.97 Å². The van der Waals surface area contributed by atoms with Crippen LogP contribution in [0.4, 0.5) is 0 Å². The zero-order chi connectivity index (χ0) is 27.1. The third kappa shape index (κ3) is 5.10. The molecule has 37 heavy (non-hydrogen) atoms. The van der Waals surface area contributed by atoms with Gasteiger partial charge in [0, 0.05) is 5.57 Å². The monoisotopic (exact) mass is 528 g/mol. The van der Waals surface area contributed by atoms with Gasteiger partial charge in [-0.15, -0.1) is 0 Å². The molecule has 0 spiro atoms. The van der Waals surface area contributed by atoms with E-state index < -0.39 is 78.9 Å². The van der Waals surface area contributed by atoms with Crippen LogP contribution in [0, 0.1) is 5.92 Å². The normalized spacial score (nSPS) is 45.2. The number of aliphatic hydroxyl groups excluding tert-OH is 5. The predicted octanol–water partition coefficient (Wildman–Crippen LogP) is -1.23. The molecule has 208 valence electrons. The van der Waals surface area contributed by atoms with Gasteiger partial charge >= 0.3 is 5.97 Å². The van der Waals surface area contributed by atoms with Crippen molar-refractivity contribution in [3.05, 3.63) is 35.6 Å². The Morgan fingerprint density at radius 2 is 1.81 bits per heavy atom. The van der Waals surface area contributed by atoms with Gasteiger partial charge in [-0.05, 0) is 39.7 Å². The highest BCUT2D eigenvalue weighted by Gasteiger charge is 2.80. The molecule has 0 amide bonds. The van der Waals surface area contributed by atoms with E-state index in [1.807, 2.05) is 6.92 Å². The zero-order valence-corrected chi connectivity index (χ0v) is 21.0. The third-order valence-corrected chi connectivity index (χ3v) is 7.66. The van der Waals surface area contributed by atoms with Gasteiger partial charge in [-0.2, -0.15) is 0 Å². The van der Waals surface area contributed by atoms with E-state index in [2.05, 4.69) is 0 Å². The van der Waals surface area contributed by atoms with Crippen molar-refractivity contribution in [3.8, 4) is 0 Å². The molecule has 2 saturated heterocycles. The second-order valence-corrected chi connectivity index (χ2v) is 10.2. The van der Waals surface area contributed by atoms with Gasteiger partial charge in [-0.25, -0.2) is 4.79 Å². The molecule has 0 bridgehead atoms. The Hall–Kier alpha value is -1.87. The van der Waals surface area contributed by atoms with Crippen molar-refractivity contribution < 1.29 is 59.1 Å². The van der Waals surface area contributed by atoms with Crippen molar-refractivity contribution in [1.29, 1.82) is 0 Å². The molecule has 11 atom stereocenters. The molecule has 0 aromatic rings. The van der Waals surface area contributed by atoms with Crippen LogP contribution in [0.1, 0.15) is 33.6 Å². The highest BCUT2D eigenvalue weighted by molar-refractivity contribution is 5.88. The molecule has 12 nitrogen and oxygen atoms in total. The topological polar surface area (TPSA) is 188 Å². The van der Waals surface area contributed by atoms with Crippen molar-refractivity contribution in [2.24, 2.45) is 5.92 Å². The van der Waals surface area contributed by atoms with Crippen LogP contribution in [0.3, 0.4) is 0 Å². The minimum Gasteiger partial charge on any atom is -0.472 e. The lowest BCUT2D eigenvalue weighted by atomic mass is 9.82. The predicted molar refractivity (Wildman–Crippen MR) is 124 cm³/mol. The molecule has 3 aliphatic heterocycles. The number of fused-ring (bicyclic) bond motifs is 3. The number of aliphatic hydroxyl groups is 6. The molecular formula is C25H36O12. The average Bonchev–Trinajstić information content (AvgIpc) is 3.48. The summed E-state index contributed by atoms with van der Waals surface area (Å²) in [6.07, 6.45) is -3.29. The Labute approximate surface area is 214 Å². The fraction of sp³-hybridized carbons (Fsp3) is 0.720. The molecule has 4 aliphatic rings. The summed E-state index contributed by atoms with van der Waals surface area (Å²) in [7, 11) is 0. The molecule has 1 aliphatic carbocycles. The third-order valence-electron chi connectivity index (χ3n) is 7.66. The Morgan fingerprint density at radius 3 is 2.49 bits per heavy atom. The van der Waals surface area contributed by atoms with Crippen molar-refractivity contribution in [2.45, 2.75) is 94.0 Å². The van der Waals surface area contributed by atoms with E-state index in [4.69, 9.17) is 28.8 Å². The van der Waals surface area contributed by atoms with Gasteiger partial charge in [0.15, 0.2) is 12.4 Å². The summed E-state index contributed by atoms with van der Waals surface area (Å²) in [6, 6.07) is 0. The lowest BCUT2D eigenvalue weighted by Gasteiger charge is -2.45. The maximum atomic E-state index is 12.8. The average molecular weight is 529 g/mol. The molecule has 3 heterocycles. The van der Waals surface area contributed by atoms with Gasteiger partial charge in [0.05, 0.1) is 25.4 Å². The first-order valence-corrected chi connectivity index (χ1v) is 12.3. The van der Waals surface area contributed by atoms with E-state index >= 15 is 0 Å². The van der Waals surface area contributed by atoms with E-state index in [1.54, 1.807) is 26.0 Å². The number of hydrogen-bond acceptors (Lipinski definition) is 12. The summed E-state index contributed by atoms with van der Waals surface area (Å²) < 4.78 is 28.3. The van der Waals surface area contributed by atoms with Crippen LogP contribution in [0.15, 0.2) is 35.6 Å². The van der Waals surface area contributed by atoms with Crippen LogP contribution in [0.2, 0.25) is 0 Å². The molecule has 4 rings (SSSR count). The Kier molecular flexibility index (Phi) is 8.15. The first-order valence-electron chi connectivity index (χ1n) is 12.3. The van der Waals surface area contributed by atoms with Crippen LogP contribution in [0.5, 0.6) is 0 Å². The number of ether oxygens (including phenoxy) is 5. The van der Waals surface area contributed by atoms with Gasteiger partial charge in [0.2, 0.25) is 6.29 Å². The molecule has 3 fully saturated rings. The van der Waals surface area contributed by atoms with Gasteiger partial charge < -0.3 is 54.3 Å². The van der Waals surface area contributed by atoms with Crippen molar-refractivity contribution in [1.82, 2.24) is 0 Å². The minimum atomic E-state index is -1.73. The Morgan fingerprint density at radius 1 is 1.08 bits per heavy atom. The van der Waals surface area contributed by atoms with Crippen molar-refractivity contribution in [2.75, 3.05) is 13.2 Å². The highest BCUT2D eigenvalue weighted by Crippen LogP contribution is 2.62. The van der Waals surface area contributed by atoms with Crippen LogP contribution < -0.4 is 0 Å². The number of carbonyl (C=O) groups is 1. The fourth-order valence-corrected chi connectivity index (χ4v) is 5.37. The van der Waals surface area contributed by atoms with Crippen LogP contribution in [-0.4, -0.2) is 110 Å². The van der Waals surface area contributed by atoms with Crippen LogP contribution >= 0.6 is 0 Å². The maximum absolute atomic E-state index is 12.8. The maximum Gasteiger partial charge on any atom is 0.333 e.